The first-order valence-electron chi connectivity index (χ1n) is 9.46. The fourth-order valence-electron chi connectivity index (χ4n) is 2.79. The Morgan fingerprint density at radius 2 is 1.76 bits per heavy atom. The second kappa shape index (κ2) is 9.64. The van der Waals surface area contributed by atoms with Crippen LogP contribution in [0.3, 0.4) is 0 Å². The molecule has 29 heavy (non-hydrogen) atoms. The number of amides is 2. The maximum Gasteiger partial charge on any atom is 0.315 e. The number of aryl methyl sites for hydroxylation is 2. The van der Waals surface area contributed by atoms with Gasteiger partial charge in [0.2, 0.25) is 5.88 Å². The van der Waals surface area contributed by atoms with Gasteiger partial charge in [-0.3, -0.25) is 0 Å². The molecule has 0 saturated carbocycles. The fraction of sp³-hybridized carbons (Fsp3) is 0.273. The highest BCUT2D eigenvalue weighted by atomic mass is 16.5. The molecule has 2 N–H and O–H groups in total. The van der Waals surface area contributed by atoms with Crippen LogP contribution in [0.1, 0.15) is 29.6 Å². The number of ether oxygens (including phenoxy) is 2. The number of urea groups is 1. The van der Waals surface area contributed by atoms with Crippen molar-refractivity contribution in [3.63, 3.8) is 0 Å². The van der Waals surface area contributed by atoms with E-state index < -0.39 is 0 Å². The van der Waals surface area contributed by atoms with Gasteiger partial charge in [-0.25, -0.2) is 9.78 Å². The van der Waals surface area contributed by atoms with Crippen LogP contribution in [0, 0.1) is 13.8 Å². The summed E-state index contributed by atoms with van der Waals surface area (Å²) in [5, 5.41) is 5.65. The summed E-state index contributed by atoms with van der Waals surface area (Å²) in [5.41, 5.74) is 1.85. The molecule has 0 fully saturated rings. The molecule has 7 heteroatoms. The van der Waals surface area contributed by atoms with Crippen molar-refractivity contribution in [3.8, 4) is 17.4 Å². The number of pyridine rings is 1. The molecule has 2 amide bonds. The van der Waals surface area contributed by atoms with Gasteiger partial charge in [0.05, 0.1) is 6.61 Å². The van der Waals surface area contributed by atoms with Crippen LogP contribution in [0.5, 0.6) is 17.4 Å². The normalized spacial score (nSPS) is 10.4. The highest BCUT2D eigenvalue weighted by Gasteiger charge is 2.07. The zero-order chi connectivity index (χ0) is 20.6. The molecule has 0 spiro atoms. The number of carbonyl (C=O) groups excluding carboxylic acids is 1. The molecule has 0 aliphatic rings. The Hall–Kier alpha value is -3.48. The summed E-state index contributed by atoms with van der Waals surface area (Å²) < 4.78 is 16.6. The van der Waals surface area contributed by atoms with Crippen LogP contribution >= 0.6 is 0 Å². The maximum absolute atomic E-state index is 12.1. The molecule has 3 aromatic rings. The Morgan fingerprint density at radius 1 is 1.03 bits per heavy atom. The van der Waals surface area contributed by atoms with Gasteiger partial charge in [0, 0.05) is 30.9 Å². The predicted molar refractivity (Wildman–Crippen MR) is 109 cm³/mol. The van der Waals surface area contributed by atoms with Crippen molar-refractivity contribution >= 4 is 6.03 Å². The van der Waals surface area contributed by atoms with Gasteiger partial charge in [0.1, 0.15) is 23.0 Å². The monoisotopic (exact) mass is 395 g/mol. The van der Waals surface area contributed by atoms with Crippen LogP contribution in [0.2, 0.25) is 0 Å². The van der Waals surface area contributed by atoms with E-state index in [4.69, 9.17) is 13.9 Å². The van der Waals surface area contributed by atoms with E-state index in [9.17, 15) is 4.79 Å². The summed E-state index contributed by atoms with van der Waals surface area (Å²) in [5.74, 6) is 3.55. The number of benzene rings is 1. The lowest BCUT2D eigenvalue weighted by Crippen LogP contribution is -2.34. The summed E-state index contributed by atoms with van der Waals surface area (Å²) >= 11 is 0. The molecular weight excluding hydrogens is 370 g/mol. The smallest absolute Gasteiger partial charge is 0.315 e. The van der Waals surface area contributed by atoms with Gasteiger partial charge < -0.3 is 24.5 Å². The molecule has 0 aliphatic carbocycles. The minimum Gasteiger partial charge on any atom is -0.494 e. The maximum atomic E-state index is 12.1. The number of hydrogen-bond acceptors (Lipinski definition) is 5. The number of nitrogens with zero attached hydrogens (tertiary/aromatic N) is 1. The van der Waals surface area contributed by atoms with Crippen molar-refractivity contribution in [1.82, 2.24) is 15.6 Å². The summed E-state index contributed by atoms with van der Waals surface area (Å²) in [6.07, 6.45) is 1.65. The molecule has 1 aromatic carbocycles. The fourth-order valence-corrected chi connectivity index (χ4v) is 2.79. The van der Waals surface area contributed by atoms with Gasteiger partial charge in [0.25, 0.3) is 0 Å². The van der Waals surface area contributed by atoms with E-state index in [0.717, 1.165) is 28.4 Å². The predicted octanol–water partition coefficient (Wildman–Crippen LogP) is 4.48. The molecule has 0 aliphatic heterocycles. The lowest BCUT2D eigenvalue weighted by Gasteiger charge is -2.09. The number of aromatic nitrogens is 1. The van der Waals surface area contributed by atoms with E-state index in [1.165, 1.54) is 0 Å². The summed E-state index contributed by atoms with van der Waals surface area (Å²) in [7, 11) is 0. The second-order valence-electron chi connectivity index (χ2n) is 6.48. The molecule has 0 radical (unpaired) electrons. The van der Waals surface area contributed by atoms with Crippen molar-refractivity contribution in [3.05, 3.63) is 71.3 Å². The third-order valence-electron chi connectivity index (χ3n) is 4.19. The second-order valence-corrected chi connectivity index (χ2v) is 6.48. The van der Waals surface area contributed by atoms with Gasteiger partial charge in [-0.05, 0) is 62.7 Å². The van der Waals surface area contributed by atoms with Gasteiger partial charge in [-0.15, -0.1) is 0 Å². The van der Waals surface area contributed by atoms with Crippen molar-refractivity contribution in [2.45, 2.75) is 33.9 Å². The van der Waals surface area contributed by atoms with E-state index in [2.05, 4.69) is 15.6 Å². The number of furan rings is 1. The van der Waals surface area contributed by atoms with Gasteiger partial charge >= 0.3 is 6.03 Å². The van der Waals surface area contributed by atoms with Crippen LogP contribution in [-0.4, -0.2) is 17.6 Å². The average Bonchev–Trinajstić information content (AvgIpc) is 3.04. The Bertz CT molecular complexity index is 951. The van der Waals surface area contributed by atoms with Gasteiger partial charge in [0.15, 0.2) is 0 Å². The van der Waals surface area contributed by atoms with Crippen molar-refractivity contribution < 1.29 is 18.7 Å². The van der Waals surface area contributed by atoms with Crippen molar-refractivity contribution in [2.24, 2.45) is 0 Å². The SMILES string of the molecule is CCOc1ccc(Oc2cc(CNC(=O)NCc3cc(C)oc3C)ccn2)cc1. The third kappa shape index (κ3) is 6.00. The lowest BCUT2D eigenvalue weighted by molar-refractivity contribution is 0.240. The summed E-state index contributed by atoms with van der Waals surface area (Å²) in [6.45, 7) is 7.09. The molecular formula is C22H25N3O4. The molecule has 0 unspecified atom stereocenters. The van der Waals surface area contributed by atoms with Gasteiger partial charge in [-0.2, -0.15) is 0 Å². The highest BCUT2D eigenvalue weighted by molar-refractivity contribution is 5.73. The zero-order valence-electron chi connectivity index (χ0n) is 16.8. The largest absolute Gasteiger partial charge is 0.494 e. The van der Waals surface area contributed by atoms with Crippen LogP contribution in [-0.2, 0) is 13.1 Å². The number of carbonyl (C=O) groups is 1. The Morgan fingerprint density at radius 3 is 2.45 bits per heavy atom. The topological polar surface area (TPSA) is 85.6 Å². The Kier molecular flexibility index (Phi) is 6.73. The molecule has 2 heterocycles. The molecule has 0 saturated heterocycles. The molecule has 3 rings (SSSR count). The highest BCUT2D eigenvalue weighted by Crippen LogP contribution is 2.23. The van der Waals surface area contributed by atoms with E-state index >= 15 is 0 Å². The molecule has 7 nitrogen and oxygen atoms in total. The molecule has 0 atom stereocenters. The van der Waals surface area contributed by atoms with E-state index in [1.807, 2.05) is 57.2 Å². The Labute approximate surface area is 170 Å². The third-order valence-corrected chi connectivity index (χ3v) is 4.19. The Balaban J connectivity index is 1.50. The first-order valence-corrected chi connectivity index (χ1v) is 9.46. The molecule has 152 valence electrons. The first-order chi connectivity index (χ1) is 14.0. The first kappa shape index (κ1) is 20.3. The van der Waals surface area contributed by atoms with Crippen LogP contribution < -0.4 is 20.1 Å². The molecule has 2 aromatic heterocycles. The van der Waals surface area contributed by atoms with Gasteiger partial charge in [-0.1, -0.05) is 0 Å². The minimum absolute atomic E-state index is 0.256. The van der Waals surface area contributed by atoms with Crippen molar-refractivity contribution in [2.75, 3.05) is 6.61 Å². The summed E-state index contributed by atoms with van der Waals surface area (Å²) in [6, 6.07) is 12.6. The minimum atomic E-state index is -0.256. The van der Waals surface area contributed by atoms with Crippen LogP contribution in [0.15, 0.2) is 53.1 Å². The average molecular weight is 395 g/mol. The number of nitrogens with one attached hydrogen (secondary N) is 2. The zero-order valence-corrected chi connectivity index (χ0v) is 16.8. The molecule has 0 bridgehead atoms. The number of hydrogen-bond donors (Lipinski definition) is 2. The van der Waals surface area contributed by atoms with Crippen LogP contribution in [0.4, 0.5) is 4.79 Å². The standard InChI is InChI=1S/C22H25N3O4/c1-4-27-19-5-7-20(8-6-19)29-21-12-17(9-10-23-21)13-24-22(26)25-14-18-11-15(2)28-16(18)3/h5-12H,4,13-14H2,1-3H3,(H2,24,25,26). The quantitative estimate of drug-likeness (QED) is 0.587. The van der Waals surface area contributed by atoms with Crippen molar-refractivity contribution in [1.29, 1.82) is 0 Å². The number of rotatable bonds is 8. The lowest BCUT2D eigenvalue weighted by atomic mass is 10.2. The van der Waals surface area contributed by atoms with E-state index in [1.54, 1.807) is 12.3 Å². The van der Waals surface area contributed by atoms with Crippen LogP contribution in [0.25, 0.3) is 0 Å². The van der Waals surface area contributed by atoms with E-state index in [-0.39, 0.29) is 6.03 Å². The van der Waals surface area contributed by atoms with E-state index in [0.29, 0.717) is 31.3 Å². The summed E-state index contributed by atoms with van der Waals surface area (Å²) in [4.78, 5) is 16.3.